The summed E-state index contributed by atoms with van der Waals surface area (Å²) in [6.45, 7) is 0.461. The second-order valence-corrected chi connectivity index (χ2v) is 8.27. The molecule has 6 nitrogen and oxygen atoms in total. The third kappa shape index (κ3) is 5.78. The summed E-state index contributed by atoms with van der Waals surface area (Å²) in [5.74, 6) is 1.60. The molecule has 0 saturated carbocycles. The minimum absolute atomic E-state index is 0.0390. The molecule has 1 N–H and O–H groups in total. The van der Waals surface area contributed by atoms with Gasteiger partial charge in [-0.1, -0.05) is 42.1 Å². The Hall–Kier alpha value is -3.65. The minimum Gasteiger partial charge on any atom is -0.497 e. The Morgan fingerprint density at radius 3 is 2.42 bits per heavy atom. The van der Waals surface area contributed by atoms with Gasteiger partial charge in [-0.25, -0.2) is 4.39 Å². The van der Waals surface area contributed by atoms with E-state index in [1.807, 2.05) is 59.2 Å². The van der Waals surface area contributed by atoms with Crippen LogP contribution in [-0.4, -0.2) is 33.5 Å². The van der Waals surface area contributed by atoms with Crippen LogP contribution < -0.4 is 10.1 Å². The zero-order valence-electron chi connectivity index (χ0n) is 18.1. The third-order valence-corrected chi connectivity index (χ3v) is 5.89. The molecule has 1 amide bonds. The van der Waals surface area contributed by atoms with Gasteiger partial charge in [0.15, 0.2) is 11.0 Å². The zero-order valence-corrected chi connectivity index (χ0v) is 18.9. The standard InChI is InChI=1S/C25H23FN4O2S/c1-32-22-13-7-18(8-14-22)17-27-23(31)15-16-33-25-29-28-24(19-9-11-20(26)12-10-19)30(25)21-5-3-2-4-6-21/h2-14H,15-17H2,1H3,(H,27,31). The fourth-order valence-corrected chi connectivity index (χ4v) is 4.12. The molecule has 1 heterocycles. The highest BCUT2D eigenvalue weighted by Gasteiger charge is 2.16. The van der Waals surface area contributed by atoms with Crippen molar-refractivity contribution in [2.45, 2.75) is 18.1 Å². The van der Waals surface area contributed by atoms with Gasteiger partial charge in [0.1, 0.15) is 11.6 Å². The summed E-state index contributed by atoms with van der Waals surface area (Å²) in [5.41, 5.74) is 2.66. The lowest BCUT2D eigenvalue weighted by molar-refractivity contribution is -0.120. The molecule has 8 heteroatoms. The van der Waals surface area contributed by atoms with E-state index in [9.17, 15) is 9.18 Å². The smallest absolute Gasteiger partial charge is 0.221 e. The van der Waals surface area contributed by atoms with Crippen LogP contribution in [0.3, 0.4) is 0 Å². The first-order valence-corrected chi connectivity index (χ1v) is 11.4. The summed E-state index contributed by atoms with van der Waals surface area (Å²) in [6.07, 6.45) is 0.342. The topological polar surface area (TPSA) is 69.0 Å². The molecular formula is C25H23FN4O2S. The Labute approximate surface area is 195 Å². The van der Waals surface area contributed by atoms with Crippen LogP contribution in [0.1, 0.15) is 12.0 Å². The summed E-state index contributed by atoms with van der Waals surface area (Å²) in [5, 5.41) is 12.3. The fourth-order valence-electron chi connectivity index (χ4n) is 3.23. The Kier molecular flexibility index (Phi) is 7.36. The van der Waals surface area contributed by atoms with Gasteiger partial charge in [0, 0.05) is 30.0 Å². The number of para-hydroxylation sites is 1. The van der Waals surface area contributed by atoms with Crippen LogP contribution in [0, 0.1) is 5.82 Å². The van der Waals surface area contributed by atoms with Crippen LogP contribution in [0.5, 0.6) is 5.75 Å². The second kappa shape index (κ2) is 10.8. The molecule has 168 valence electrons. The number of hydrogen-bond donors (Lipinski definition) is 1. The molecule has 0 unspecified atom stereocenters. The average Bonchev–Trinajstić information content (AvgIpc) is 3.28. The number of amides is 1. The number of rotatable bonds is 9. The van der Waals surface area contributed by atoms with Crippen molar-refractivity contribution in [1.29, 1.82) is 0 Å². The maximum atomic E-state index is 13.4. The van der Waals surface area contributed by atoms with E-state index in [0.717, 1.165) is 22.6 Å². The number of nitrogens with one attached hydrogen (secondary N) is 1. The molecule has 4 rings (SSSR count). The highest BCUT2D eigenvalue weighted by Crippen LogP contribution is 2.28. The van der Waals surface area contributed by atoms with E-state index in [0.29, 0.717) is 29.7 Å². The molecule has 0 saturated heterocycles. The molecule has 0 spiro atoms. The predicted octanol–water partition coefficient (Wildman–Crippen LogP) is 4.88. The molecule has 3 aromatic carbocycles. The van der Waals surface area contributed by atoms with Crippen molar-refractivity contribution in [2.24, 2.45) is 0 Å². The van der Waals surface area contributed by atoms with Crippen molar-refractivity contribution < 1.29 is 13.9 Å². The molecule has 1 aromatic heterocycles. The Morgan fingerprint density at radius 1 is 1.00 bits per heavy atom. The SMILES string of the molecule is COc1ccc(CNC(=O)CCSc2nnc(-c3ccc(F)cc3)n2-c2ccccc2)cc1. The zero-order chi connectivity index (χ0) is 23.0. The number of nitrogens with zero attached hydrogens (tertiary/aromatic N) is 3. The van der Waals surface area contributed by atoms with Crippen molar-refractivity contribution in [3.63, 3.8) is 0 Å². The third-order valence-electron chi connectivity index (χ3n) is 4.96. The molecule has 4 aromatic rings. The number of halogens is 1. The fraction of sp³-hybridized carbons (Fsp3) is 0.160. The summed E-state index contributed by atoms with van der Waals surface area (Å²) in [6, 6.07) is 23.5. The van der Waals surface area contributed by atoms with E-state index < -0.39 is 0 Å². The summed E-state index contributed by atoms with van der Waals surface area (Å²) < 4.78 is 20.5. The molecule has 0 aliphatic heterocycles. The van der Waals surface area contributed by atoms with Gasteiger partial charge in [-0.15, -0.1) is 10.2 Å². The largest absolute Gasteiger partial charge is 0.497 e. The Balaban J connectivity index is 1.41. The van der Waals surface area contributed by atoms with Crippen molar-refractivity contribution in [1.82, 2.24) is 20.1 Å². The van der Waals surface area contributed by atoms with E-state index in [1.165, 1.54) is 23.9 Å². The maximum Gasteiger partial charge on any atom is 0.221 e. The number of carbonyl (C=O) groups is 1. The van der Waals surface area contributed by atoms with Crippen molar-refractivity contribution in [2.75, 3.05) is 12.9 Å². The maximum absolute atomic E-state index is 13.4. The lowest BCUT2D eigenvalue weighted by atomic mass is 10.2. The molecule has 0 aliphatic rings. The van der Waals surface area contributed by atoms with Crippen molar-refractivity contribution in [3.8, 4) is 22.8 Å². The van der Waals surface area contributed by atoms with Crippen molar-refractivity contribution in [3.05, 3.63) is 90.2 Å². The first-order chi connectivity index (χ1) is 16.1. The van der Waals surface area contributed by atoms with Crippen LogP contribution >= 0.6 is 11.8 Å². The number of thioether (sulfide) groups is 1. The van der Waals surface area contributed by atoms with Gasteiger partial charge in [-0.3, -0.25) is 9.36 Å². The van der Waals surface area contributed by atoms with Gasteiger partial charge in [0.2, 0.25) is 5.91 Å². The normalized spacial score (nSPS) is 10.7. The summed E-state index contributed by atoms with van der Waals surface area (Å²) in [7, 11) is 1.62. The lowest BCUT2D eigenvalue weighted by Gasteiger charge is -2.10. The lowest BCUT2D eigenvalue weighted by Crippen LogP contribution is -2.23. The Bertz CT molecular complexity index is 1200. The van der Waals surface area contributed by atoms with E-state index in [4.69, 9.17) is 4.74 Å². The molecule has 0 aliphatic carbocycles. The van der Waals surface area contributed by atoms with Gasteiger partial charge < -0.3 is 10.1 Å². The second-order valence-electron chi connectivity index (χ2n) is 7.21. The van der Waals surface area contributed by atoms with Gasteiger partial charge in [0.25, 0.3) is 0 Å². The predicted molar refractivity (Wildman–Crippen MR) is 127 cm³/mol. The quantitative estimate of drug-likeness (QED) is 0.359. The van der Waals surface area contributed by atoms with Crippen LogP contribution in [0.25, 0.3) is 17.1 Å². The highest BCUT2D eigenvalue weighted by molar-refractivity contribution is 7.99. The molecule has 33 heavy (non-hydrogen) atoms. The minimum atomic E-state index is -0.306. The molecule has 0 fully saturated rings. The monoisotopic (exact) mass is 462 g/mol. The molecule has 0 atom stereocenters. The number of carbonyl (C=O) groups excluding carboxylic acids is 1. The van der Waals surface area contributed by atoms with Crippen LogP contribution in [0.2, 0.25) is 0 Å². The molecule has 0 radical (unpaired) electrons. The van der Waals surface area contributed by atoms with Crippen LogP contribution in [0.4, 0.5) is 4.39 Å². The summed E-state index contributed by atoms with van der Waals surface area (Å²) in [4.78, 5) is 12.3. The van der Waals surface area contributed by atoms with Crippen LogP contribution in [0.15, 0.2) is 84.0 Å². The van der Waals surface area contributed by atoms with Gasteiger partial charge >= 0.3 is 0 Å². The first-order valence-electron chi connectivity index (χ1n) is 10.4. The van der Waals surface area contributed by atoms with E-state index in [1.54, 1.807) is 19.2 Å². The number of benzene rings is 3. The first kappa shape index (κ1) is 22.5. The van der Waals surface area contributed by atoms with Gasteiger partial charge in [0.05, 0.1) is 7.11 Å². The highest BCUT2D eigenvalue weighted by atomic mass is 32.2. The average molecular weight is 463 g/mol. The van der Waals surface area contributed by atoms with Crippen LogP contribution in [-0.2, 0) is 11.3 Å². The van der Waals surface area contributed by atoms with Gasteiger partial charge in [-0.05, 0) is 54.1 Å². The Morgan fingerprint density at radius 2 is 1.73 bits per heavy atom. The molecular weight excluding hydrogens is 439 g/mol. The summed E-state index contributed by atoms with van der Waals surface area (Å²) >= 11 is 1.45. The van der Waals surface area contributed by atoms with Gasteiger partial charge in [-0.2, -0.15) is 0 Å². The number of methoxy groups -OCH3 is 1. The van der Waals surface area contributed by atoms with Crippen molar-refractivity contribution >= 4 is 17.7 Å². The van der Waals surface area contributed by atoms with E-state index in [2.05, 4.69) is 15.5 Å². The van der Waals surface area contributed by atoms with E-state index >= 15 is 0 Å². The number of aromatic nitrogens is 3. The number of hydrogen-bond acceptors (Lipinski definition) is 5. The van der Waals surface area contributed by atoms with E-state index in [-0.39, 0.29) is 11.7 Å². The number of ether oxygens (including phenoxy) is 1. The molecule has 0 bridgehead atoms.